The van der Waals surface area contributed by atoms with Gasteiger partial charge in [0, 0.05) is 16.1 Å². The molecule has 0 aromatic heterocycles. The molecule has 1 saturated heterocycles. The number of aromatic hydroxyl groups is 1. The fourth-order valence-corrected chi connectivity index (χ4v) is 2.46. The van der Waals surface area contributed by atoms with Gasteiger partial charge in [-0.25, -0.2) is 0 Å². The van der Waals surface area contributed by atoms with Crippen LogP contribution in [0.25, 0.3) is 0 Å². The van der Waals surface area contributed by atoms with Crippen LogP contribution in [-0.4, -0.2) is 11.7 Å². The Morgan fingerprint density at radius 2 is 2.29 bits per heavy atom. The van der Waals surface area contributed by atoms with Gasteiger partial charge in [0.1, 0.15) is 5.75 Å². The average Bonchev–Trinajstić information content (AvgIpc) is 2.65. The summed E-state index contributed by atoms with van der Waals surface area (Å²) in [6, 6.07) is 3.82. The van der Waals surface area contributed by atoms with Gasteiger partial charge in [0.15, 0.2) is 0 Å². The molecule has 1 aromatic rings. The average molecular weight is 257 g/mol. The van der Waals surface area contributed by atoms with Crippen LogP contribution in [-0.2, 0) is 0 Å². The summed E-state index contributed by atoms with van der Waals surface area (Å²) in [7, 11) is 0. The van der Waals surface area contributed by atoms with E-state index < -0.39 is 0 Å². The first-order chi connectivity index (χ1) is 6.70. The quantitative estimate of drug-likeness (QED) is 0.533. The minimum atomic E-state index is 0.207. The van der Waals surface area contributed by atoms with E-state index in [1.54, 1.807) is 6.07 Å². The van der Waals surface area contributed by atoms with Crippen molar-refractivity contribution in [3.63, 3.8) is 0 Å². The zero-order chi connectivity index (χ0) is 10.1. The van der Waals surface area contributed by atoms with Gasteiger partial charge in [-0.2, -0.15) is 0 Å². The molecule has 1 fully saturated rings. The molecule has 4 N–H and O–H groups in total. The Labute approximate surface area is 91.4 Å². The second-order valence-corrected chi connectivity index (χ2v) is 4.40. The van der Waals surface area contributed by atoms with Crippen molar-refractivity contribution in [1.29, 1.82) is 0 Å². The maximum absolute atomic E-state index is 9.84. The summed E-state index contributed by atoms with van der Waals surface area (Å²) in [5.41, 5.74) is 6.99. The monoisotopic (exact) mass is 256 g/mol. The van der Waals surface area contributed by atoms with E-state index in [2.05, 4.69) is 21.2 Å². The molecule has 1 aliphatic heterocycles. The van der Waals surface area contributed by atoms with Crippen LogP contribution in [0.2, 0.25) is 0 Å². The number of halogens is 1. The number of phenolic OH excluding ortho intramolecular Hbond substituents is 1. The van der Waals surface area contributed by atoms with Gasteiger partial charge in [-0.15, -0.1) is 0 Å². The number of anilines is 1. The largest absolute Gasteiger partial charge is 0.505 e. The lowest BCUT2D eigenvalue weighted by Crippen LogP contribution is -2.13. The lowest BCUT2D eigenvalue weighted by Gasteiger charge is -2.15. The first-order valence-corrected chi connectivity index (χ1v) is 5.49. The van der Waals surface area contributed by atoms with Crippen LogP contribution < -0.4 is 11.1 Å². The molecule has 0 amide bonds. The van der Waals surface area contributed by atoms with Gasteiger partial charge >= 0.3 is 0 Å². The minimum Gasteiger partial charge on any atom is -0.505 e. The molecule has 0 saturated carbocycles. The van der Waals surface area contributed by atoms with Crippen LogP contribution in [0.15, 0.2) is 16.6 Å². The predicted octanol–water partition coefficient (Wildman–Crippen LogP) is 2.16. The van der Waals surface area contributed by atoms with Gasteiger partial charge in [-0.3, -0.25) is 0 Å². The summed E-state index contributed by atoms with van der Waals surface area (Å²) in [5, 5.41) is 13.2. The van der Waals surface area contributed by atoms with Crippen molar-refractivity contribution in [1.82, 2.24) is 5.32 Å². The molecule has 14 heavy (non-hydrogen) atoms. The molecule has 1 aliphatic rings. The summed E-state index contributed by atoms with van der Waals surface area (Å²) in [6.07, 6.45) is 2.20. The van der Waals surface area contributed by atoms with Crippen molar-refractivity contribution in [2.45, 2.75) is 18.9 Å². The molecule has 3 nitrogen and oxygen atoms in total. The van der Waals surface area contributed by atoms with E-state index in [-0.39, 0.29) is 11.8 Å². The van der Waals surface area contributed by atoms with E-state index in [0.29, 0.717) is 5.69 Å². The third kappa shape index (κ3) is 1.60. The highest BCUT2D eigenvalue weighted by Gasteiger charge is 2.22. The Hall–Kier alpha value is -0.740. The molecule has 0 bridgehead atoms. The second kappa shape index (κ2) is 3.79. The summed E-state index contributed by atoms with van der Waals surface area (Å²) >= 11 is 3.44. The fourth-order valence-electron chi connectivity index (χ4n) is 1.86. The van der Waals surface area contributed by atoms with Crippen LogP contribution in [0.4, 0.5) is 5.69 Å². The van der Waals surface area contributed by atoms with E-state index in [1.807, 2.05) is 6.07 Å². The van der Waals surface area contributed by atoms with Crippen LogP contribution in [0.1, 0.15) is 24.4 Å². The van der Waals surface area contributed by atoms with E-state index in [1.165, 1.54) is 0 Å². The van der Waals surface area contributed by atoms with Crippen molar-refractivity contribution in [2.24, 2.45) is 0 Å². The number of nitrogen functional groups attached to an aromatic ring is 1. The Kier molecular flexibility index (Phi) is 2.65. The molecule has 0 radical (unpaired) electrons. The highest BCUT2D eigenvalue weighted by molar-refractivity contribution is 9.10. The third-order valence-electron chi connectivity index (χ3n) is 2.60. The van der Waals surface area contributed by atoms with Gasteiger partial charge < -0.3 is 16.2 Å². The molecular formula is C10H13BrN2O. The Balaban J connectivity index is 2.44. The SMILES string of the molecule is Nc1ccc(Br)c([C@H]2CCCN2)c1O. The number of nitrogens with one attached hydrogen (secondary N) is 1. The zero-order valence-electron chi connectivity index (χ0n) is 7.76. The van der Waals surface area contributed by atoms with Gasteiger partial charge in [0.2, 0.25) is 0 Å². The molecule has 2 rings (SSSR count). The first-order valence-electron chi connectivity index (χ1n) is 4.70. The van der Waals surface area contributed by atoms with Crippen molar-refractivity contribution >= 4 is 21.6 Å². The van der Waals surface area contributed by atoms with E-state index in [0.717, 1.165) is 29.4 Å². The molecule has 4 heteroatoms. The topological polar surface area (TPSA) is 58.3 Å². The van der Waals surface area contributed by atoms with Gasteiger partial charge in [0.05, 0.1) is 5.69 Å². The molecule has 0 unspecified atom stereocenters. The molecule has 1 atom stereocenters. The number of phenols is 1. The van der Waals surface area contributed by atoms with Crippen LogP contribution >= 0.6 is 15.9 Å². The summed E-state index contributed by atoms with van der Waals surface area (Å²) < 4.78 is 0.920. The molecule has 1 aromatic carbocycles. The van der Waals surface area contributed by atoms with E-state index >= 15 is 0 Å². The van der Waals surface area contributed by atoms with Crippen LogP contribution in [0, 0.1) is 0 Å². The summed E-state index contributed by atoms with van der Waals surface area (Å²) in [4.78, 5) is 0. The predicted molar refractivity (Wildman–Crippen MR) is 60.2 cm³/mol. The summed E-state index contributed by atoms with van der Waals surface area (Å²) in [6.45, 7) is 1.01. The highest BCUT2D eigenvalue weighted by atomic mass is 79.9. The first kappa shape index (κ1) is 9.80. The van der Waals surface area contributed by atoms with Gasteiger partial charge in [0.25, 0.3) is 0 Å². The molecule has 0 spiro atoms. The number of hydrogen-bond donors (Lipinski definition) is 3. The maximum Gasteiger partial charge on any atom is 0.144 e. The maximum atomic E-state index is 9.84. The zero-order valence-corrected chi connectivity index (χ0v) is 9.34. The third-order valence-corrected chi connectivity index (χ3v) is 3.30. The molecule has 1 heterocycles. The Morgan fingerprint density at radius 1 is 1.50 bits per heavy atom. The van der Waals surface area contributed by atoms with Crippen molar-refractivity contribution in [3.05, 3.63) is 22.2 Å². The van der Waals surface area contributed by atoms with Gasteiger partial charge in [-0.05, 0) is 31.5 Å². The number of hydrogen-bond acceptors (Lipinski definition) is 3. The molecule has 0 aliphatic carbocycles. The van der Waals surface area contributed by atoms with Gasteiger partial charge in [-0.1, -0.05) is 15.9 Å². The second-order valence-electron chi connectivity index (χ2n) is 3.55. The lowest BCUT2D eigenvalue weighted by atomic mass is 10.0. The normalized spacial score (nSPS) is 21.4. The van der Waals surface area contributed by atoms with Crippen molar-refractivity contribution in [3.8, 4) is 5.75 Å². The fraction of sp³-hybridized carbons (Fsp3) is 0.400. The van der Waals surface area contributed by atoms with Crippen LogP contribution in [0.3, 0.4) is 0 Å². The number of nitrogens with two attached hydrogens (primary N) is 1. The lowest BCUT2D eigenvalue weighted by molar-refractivity contribution is 0.459. The van der Waals surface area contributed by atoms with E-state index in [4.69, 9.17) is 5.73 Å². The van der Waals surface area contributed by atoms with Crippen LogP contribution in [0.5, 0.6) is 5.75 Å². The molecule has 76 valence electrons. The standard InChI is InChI=1S/C10H13BrN2O/c11-6-3-4-7(12)10(14)9(6)8-2-1-5-13-8/h3-4,8,13-14H,1-2,5,12H2/t8-/m1/s1. The Bertz CT molecular complexity index is 348. The number of rotatable bonds is 1. The van der Waals surface area contributed by atoms with Crippen molar-refractivity contribution in [2.75, 3.05) is 12.3 Å². The number of benzene rings is 1. The minimum absolute atomic E-state index is 0.207. The highest BCUT2D eigenvalue weighted by Crippen LogP contribution is 2.39. The molecular weight excluding hydrogens is 244 g/mol. The van der Waals surface area contributed by atoms with Crippen molar-refractivity contribution < 1.29 is 5.11 Å². The smallest absolute Gasteiger partial charge is 0.144 e. The van der Waals surface area contributed by atoms with E-state index in [9.17, 15) is 5.11 Å². The summed E-state index contributed by atoms with van der Waals surface area (Å²) in [5.74, 6) is 0.207. The Morgan fingerprint density at radius 3 is 2.93 bits per heavy atom.